The first-order valence-corrected chi connectivity index (χ1v) is 7.91. The third-order valence-corrected chi connectivity index (χ3v) is 4.91. The van der Waals surface area contributed by atoms with Crippen molar-refractivity contribution in [1.29, 1.82) is 0 Å². The zero-order chi connectivity index (χ0) is 14.0. The van der Waals surface area contributed by atoms with E-state index in [0.29, 0.717) is 12.0 Å². The molecule has 0 spiro atoms. The van der Waals surface area contributed by atoms with Gasteiger partial charge in [-0.15, -0.1) is 0 Å². The average molecular weight is 284 g/mol. The Balaban J connectivity index is 2.17. The highest BCUT2D eigenvalue weighted by molar-refractivity contribution is 6.31. The molecule has 0 amide bonds. The van der Waals surface area contributed by atoms with Gasteiger partial charge in [0, 0.05) is 19.0 Å². The molecule has 1 N–H and O–H groups in total. The predicted octanol–water partition coefficient (Wildman–Crippen LogP) is 3.30. The monoisotopic (exact) mass is 283 g/mol. The summed E-state index contributed by atoms with van der Waals surface area (Å²) in [6, 6.07) is 0.497. The zero-order valence-electron chi connectivity index (χ0n) is 12.5. The molecule has 1 aliphatic carbocycles. The van der Waals surface area contributed by atoms with Gasteiger partial charge in [0.2, 0.25) is 0 Å². The van der Waals surface area contributed by atoms with Crippen LogP contribution in [0, 0.1) is 11.8 Å². The second-order valence-electron chi connectivity index (χ2n) is 5.67. The maximum atomic E-state index is 6.50. The number of rotatable bonds is 7. The summed E-state index contributed by atoms with van der Waals surface area (Å²) in [5, 5.41) is 8.97. The summed E-state index contributed by atoms with van der Waals surface area (Å²) in [6.07, 6.45) is 4.66. The first-order valence-electron chi connectivity index (χ1n) is 7.53. The van der Waals surface area contributed by atoms with Crippen molar-refractivity contribution in [3.05, 3.63) is 16.4 Å². The molecule has 1 fully saturated rings. The zero-order valence-corrected chi connectivity index (χ0v) is 13.3. The minimum Gasteiger partial charge on any atom is -0.316 e. The highest BCUT2D eigenvalue weighted by Crippen LogP contribution is 2.39. The van der Waals surface area contributed by atoms with Crippen LogP contribution in [-0.4, -0.2) is 22.9 Å². The molecule has 0 saturated heterocycles. The highest BCUT2D eigenvalue weighted by atomic mass is 35.5. The Kier molecular flexibility index (Phi) is 4.91. The Labute approximate surface area is 121 Å². The smallest absolute Gasteiger partial charge is 0.0850 e. The van der Waals surface area contributed by atoms with Crippen molar-refractivity contribution in [2.24, 2.45) is 11.8 Å². The van der Waals surface area contributed by atoms with Gasteiger partial charge < -0.3 is 5.32 Å². The molecule has 0 aliphatic heterocycles. The minimum absolute atomic E-state index is 0.497. The average Bonchev–Trinajstić information content (AvgIpc) is 3.22. The van der Waals surface area contributed by atoms with Gasteiger partial charge in [0.25, 0.3) is 0 Å². The molecular formula is C15H26ClN3. The van der Waals surface area contributed by atoms with Gasteiger partial charge in [-0.1, -0.05) is 25.4 Å². The number of aromatic nitrogens is 2. The summed E-state index contributed by atoms with van der Waals surface area (Å²) >= 11 is 6.50. The lowest BCUT2D eigenvalue weighted by molar-refractivity contribution is 0.351. The van der Waals surface area contributed by atoms with Crippen molar-refractivity contribution in [3.8, 4) is 0 Å². The Hall–Kier alpha value is -0.540. The van der Waals surface area contributed by atoms with E-state index in [1.807, 2.05) is 0 Å². The predicted molar refractivity (Wildman–Crippen MR) is 80.7 cm³/mol. The molecule has 0 bridgehead atoms. The summed E-state index contributed by atoms with van der Waals surface area (Å²) < 4.78 is 2.07. The molecule has 1 aromatic heterocycles. The summed E-state index contributed by atoms with van der Waals surface area (Å²) in [4.78, 5) is 0. The van der Waals surface area contributed by atoms with Crippen molar-refractivity contribution >= 4 is 11.6 Å². The number of hydrogen-bond acceptors (Lipinski definition) is 2. The number of aryl methyl sites for hydroxylation is 2. The van der Waals surface area contributed by atoms with E-state index >= 15 is 0 Å². The molecule has 3 nitrogen and oxygen atoms in total. The van der Waals surface area contributed by atoms with E-state index in [4.69, 9.17) is 11.6 Å². The molecule has 4 heteroatoms. The van der Waals surface area contributed by atoms with E-state index in [2.05, 4.69) is 42.9 Å². The third-order valence-electron chi connectivity index (χ3n) is 4.48. The van der Waals surface area contributed by atoms with Crippen LogP contribution in [0.4, 0.5) is 0 Å². The van der Waals surface area contributed by atoms with Crippen molar-refractivity contribution in [3.63, 3.8) is 0 Å². The van der Waals surface area contributed by atoms with Gasteiger partial charge in [-0.2, -0.15) is 5.10 Å². The number of nitrogens with one attached hydrogen (secondary N) is 1. The van der Waals surface area contributed by atoms with E-state index in [0.717, 1.165) is 36.0 Å². The molecule has 0 aromatic carbocycles. The number of nitrogens with zero attached hydrogens (tertiary/aromatic N) is 2. The van der Waals surface area contributed by atoms with Crippen LogP contribution in [0.3, 0.4) is 0 Å². The van der Waals surface area contributed by atoms with Gasteiger partial charge in [-0.25, -0.2) is 0 Å². The van der Waals surface area contributed by atoms with Gasteiger partial charge >= 0.3 is 0 Å². The number of hydrogen-bond donors (Lipinski definition) is 1. The first kappa shape index (κ1) is 14.9. The fourth-order valence-corrected chi connectivity index (χ4v) is 3.27. The van der Waals surface area contributed by atoms with Crippen molar-refractivity contribution in [2.45, 2.75) is 59.0 Å². The Bertz CT molecular complexity index is 423. The number of halogens is 1. The quantitative estimate of drug-likeness (QED) is 0.832. The van der Waals surface area contributed by atoms with Crippen molar-refractivity contribution in [1.82, 2.24) is 15.1 Å². The Morgan fingerprint density at radius 2 is 2.11 bits per heavy atom. The summed E-state index contributed by atoms with van der Waals surface area (Å²) in [5.74, 6) is 1.62. The van der Waals surface area contributed by atoms with Crippen molar-refractivity contribution < 1.29 is 0 Å². The van der Waals surface area contributed by atoms with E-state index in [9.17, 15) is 0 Å². The molecule has 1 saturated carbocycles. The van der Waals surface area contributed by atoms with Crippen molar-refractivity contribution in [2.75, 3.05) is 7.05 Å². The van der Waals surface area contributed by atoms with E-state index in [1.54, 1.807) is 0 Å². The normalized spacial score (nSPS) is 18.6. The van der Waals surface area contributed by atoms with Crippen LogP contribution >= 0.6 is 11.6 Å². The maximum Gasteiger partial charge on any atom is 0.0850 e. The molecule has 2 atom stereocenters. The van der Waals surface area contributed by atoms with Gasteiger partial charge in [0.1, 0.15) is 0 Å². The molecule has 1 aliphatic rings. The second kappa shape index (κ2) is 6.27. The lowest BCUT2D eigenvalue weighted by Gasteiger charge is -2.24. The standard InChI is InChI=1S/C15H26ClN3/c1-5-12-15(16)14(19(6-2)18-12)9-13(17-4)10(3)11-7-8-11/h10-11,13,17H,5-9H2,1-4H3. The Morgan fingerprint density at radius 1 is 1.42 bits per heavy atom. The second-order valence-corrected chi connectivity index (χ2v) is 6.05. The molecular weight excluding hydrogens is 258 g/mol. The SMILES string of the molecule is CCc1nn(CC)c(CC(NC)C(C)C2CC2)c1Cl. The molecule has 1 aromatic rings. The van der Waals surface area contributed by atoms with Crippen LogP contribution < -0.4 is 5.32 Å². The molecule has 0 radical (unpaired) electrons. The number of likely N-dealkylation sites (N-methyl/N-ethyl adjacent to an activating group) is 1. The van der Waals surface area contributed by atoms with Crippen LogP contribution in [0.15, 0.2) is 0 Å². The fraction of sp³-hybridized carbons (Fsp3) is 0.800. The molecule has 2 rings (SSSR count). The van der Waals surface area contributed by atoms with Gasteiger partial charge in [-0.3, -0.25) is 4.68 Å². The van der Waals surface area contributed by atoms with E-state index < -0.39 is 0 Å². The van der Waals surface area contributed by atoms with Crippen LogP contribution in [0.2, 0.25) is 5.02 Å². The summed E-state index contributed by atoms with van der Waals surface area (Å²) in [7, 11) is 2.06. The van der Waals surface area contributed by atoms with Gasteiger partial charge in [-0.05, 0) is 45.1 Å². The topological polar surface area (TPSA) is 29.9 Å². The third kappa shape index (κ3) is 3.14. The van der Waals surface area contributed by atoms with Crippen LogP contribution in [0.5, 0.6) is 0 Å². The van der Waals surface area contributed by atoms with E-state index in [-0.39, 0.29) is 0 Å². The van der Waals surface area contributed by atoms with E-state index in [1.165, 1.54) is 18.5 Å². The molecule has 1 heterocycles. The lowest BCUT2D eigenvalue weighted by Crippen LogP contribution is -2.36. The summed E-state index contributed by atoms with van der Waals surface area (Å²) in [5.41, 5.74) is 2.24. The molecule has 2 unspecified atom stereocenters. The highest BCUT2D eigenvalue weighted by Gasteiger charge is 2.33. The Morgan fingerprint density at radius 3 is 2.58 bits per heavy atom. The first-order chi connectivity index (χ1) is 9.12. The maximum absolute atomic E-state index is 6.50. The van der Waals surface area contributed by atoms with Gasteiger partial charge in [0.05, 0.1) is 16.4 Å². The fourth-order valence-electron chi connectivity index (χ4n) is 2.92. The molecule has 108 valence electrons. The van der Waals surface area contributed by atoms with Gasteiger partial charge in [0.15, 0.2) is 0 Å². The largest absolute Gasteiger partial charge is 0.316 e. The van der Waals surface area contributed by atoms with Crippen LogP contribution in [0.1, 0.15) is 45.0 Å². The van der Waals surface area contributed by atoms with Crippen LogP contribution in [-0.2, 0) is 19.4 Å². The summed E-state index contributed by atoms with van der Waals surface area (Å²) in [6.45, 7) is 7.49. The lowest BCUT2D eigenvalue weighted by atomic mass is 9.93. The molecule has 19 heavy (non-hydrogen) atoms. The van der Waals surface area contributed by atoms with Crippen LogP contribution in [0.25, 0.3) is 0 Å². The minimum atomic E-state index is 0.497.